The van der Waals surface area contributed by atoms with Gasteiger partial charge in [0.15, 0.2) is 0 Å². The first-order chi connectivity index (χ1) is 14.2. The molecule has 3 aromatic carbocycles. The summed E-state index contributed by atoms with van der Waals surface area (Å²) < 4.78 is 5.82. The third-order valence-corrected chi connectivity index (χ3v) is 5.79. The van der Waals surface area contributed by atoms with E-state index in [-0.39, 0.29) is 30.7 Å². The summed E-state index contributed by atoms with van der Waals surface area (Å²) in [6.07, 6.45) is -0.0160. The number of aliphatic hydroxyl groups excluding tert-OH is 1. The van der Waals surface area contributed by atoms with E-state index in [0.29, 0.717) is 16.6 Å². The monoisotopic (exact) mass is 481 g/mol. The minimum Gasteiger partial charge on any atom is -0.389 e. The molecule has 0 radical (unpaired) electrons. The van der Waals surface area contributed by atoms with Crippen LogP contribution in [-0.2, 0) is 11.2 Å². The van der Waals surface area contributed by atoms with Gasteiger partial charge in [0.05, 0.1) is 18.8 Å². The molecular formula is C25H30Cl3NO2. The lowest BCUT2D eigenvalue weighted by Crippen LogP contribution is -2.46. The zero-order valence-electron chi connectivity index (χ0n) is 18.1. The molecule has 0 aliphatic rings. The van der Waals surface area contributed by atoms with Crippen LogP contribution in [0.5, 0.6) is 0 Å². The number of halogens is 3. The summed E-state index contributed by atoms with van der Waals surface area (Å²) >= 11 is 12.3. The largest absolute Gasteiger partial charge is 0.389 e. The molecule has 2 N–H and O–H groups in total. The lowest BCUT2D eigenvalue weighted by atomic mass is 9.93. The van der Waals surface area contributed by atoms with Gasteiger partial charge in [-0.15, -0.1) is 12.4 Å². The van der Waals surface area contributed by atoms with Gasteiger partial charge >= 0.3 is 0 Å². The maximum absolute atomic E-state index is 10.4. The molecule has 31 heavy (non-hydrogen) atoms. The second kappa shape index (κ2) is 11.5. The SMILES string of the molecule is CC(OC[C@H](O)CNC(C)(C)Cc1ccc2ccccc2c1)c1cc(Cl)ccc1Cl.Cl. The summed E-state index contributed by atoms with van der Waals surface area (Å²) in [6.45, 7) is 6.84. The van der Waals surface area contributed by atoms with Crippen molar-refractivity contribution in [1.29, 1.82) is 0 Å². The summed E-state index contributed by atoms with van der Waals surface area (Å²) in [5.41, 5.74) is 1.92. The van der Waals surface area contributed by atoms with Gasteiger partial charge in [-0.25, -0.2) is 0 Å². The first kappa shape index (κ1) is 25.9. The smallest absolute Gasteiger partial charge is 0.0898 e. The Kier molecular flexibility index (Phi) is 9.63. The van der Waals surface area contributed by atoms with Gasteiger partial charge in [0, 0.05) is 27.7 Å². The highest BCUT2D eigenvalue weighted by Gasteiger charge is 2.20. The van der Waals surface area contributed by atoms with E-state index in [0.717, 1.165) is 12.0 Å². The lowest BCUT2D eigenvalue weighted by molar-refractivity contribution is -0.00413. The van der Waals surface area contributed by atoms with E-state index in [2.05, 4.69) is 61.6 Å². The summed E-state index contributed by atoms with van der Waals surface area (Å²) in [5, 5.41) is 17.6. The standard InChI is InChI=1S/C25H29Cl2NO2.ClH/c1-17(23-13-21(26)10-11-24(23)27)30-16-22(29)15-28-25(2,3)14-18-8-9-19-6-4-5-7-20(19)12-18;/h4-13,17,22,28-29H,14-16H2,1-3H3;1H/t17?,22-;/m1./s1. The summed E-state index contributed by atoms with van der Waals surface area (Å²) in [5.74, 6) is 0. The van der Waals surface area contributed by atoms with Crippen molar-refractivity contribution in [3.05, 3.63) is 81.8 Å². The normalized spacial score (nSPS) is 13.6. The molecule has 3 aromatic rings. The number of hydrogen-bond donors (Lipinski definition) is 2. The third kappa shape index (κ3) is 7.64. The van der Waals surface area contributed by atoms with Gasteiger partial charge in [-0.2, -0.15) is 0 Å². The number of nitrogens with one attached hydrogen (secondary N) is 1. The van der Waals surface area contributed by atoms with Gasteiger partial charge in [-0.05, 0) is 61.7 Å². The lowest BCUT2D eigenvalue weighted by Gasteiger charge is -2.28. The number of hydrogen-bond acceptors (Lipinski definition) is 3. The van der Waals surface area contributed by atoms with Crippen molar-refractivity contribution in [3.8, 4) is 0 Å². The molecule has 0 amide bonds. The molecule has 168 valence electrons. The first-order valence-electron chi connectivity index (χ1n) is 10.2. The van der Waals surface area contributed by atoms with Gasteiger partial charge in [0.2, 0.25) is 0 Å². The number of aliphatic hydroxyl groups is 1. The molecule has 3 rings (SSSR count). The summed E-state index contributed by atoms with van der Waals surface area (Å²) in [7, 11) is 0. The Morgan fingerprint density at radius 3 is 2.45 bits per heavy atom. The van der Waals surface area contributed by atoms with Crippen LogP contribution in [0.15, 0.2) is 60.7 Å². The maximum atomic E-state index is 10.4. The van der Waals surface area contributed by atoms with Gasteiger partial charge in [-0.3, -0.25) is 0 Å². The zero-order chi connectivity index (χ0) is 21.7. The van der Waals surface area contributed by atoms with Crippen LogP contribution in [0, 0.1) is 0 Å². The van der Waals surface area contributed by atoms with Crippen molar-refractivity contribution in [2.45, 2.75) is 44.9 Å². The molecule has 1 unspecified atom stereocenters. The molecule has 0 saturated heterocycles. The van der Waals surface area contributed by atoms with Crippen LogP contribution in [0.4, 0.5) is 0 Å². The molecule has 2 atom stereocenters. The quantitative estimate of drug-likeness (QED) is 0.360. The Bertz CT molecular complexity index is 993. The zero-order valence-corrected chi connectivity index (χ0v) is 20.4. The van der Waals surface area contributed by atoms with Crippen LogP contribution in [0.2, 0.25) is 10.0 Å². The number of ether oxygens (including phenoxy) is 1. The summed E-state index contributed by atoms with van der Waals surface area (Å²) in [4.78, 5) is 0. The van der Waals surface area contributed by atoms with Crippen LogP contribution in [0.3, 0.4) is 0 Å². The van der Waals surface area contributed by atoms with Crippen LogP contribution in [-0.4, -0.2) is 29.9 Å². The van der Waals surface area contributed by atoms with E-state index < -0.39 is 6.10 Å². The van der Waals surface area contributed by atoms with Crippen molar-refractivity contribution in [2.24, 2.45) is 0 Å². The first-order valence-corrected chi connectivity index (χ1v) is 11.0. The van der Waals surface area contributed by atoms with Crippen LogP contribution in [0.25, 0.3) is 10.8 Å². The fourth-order valence-corrected chi connectivity index (χ4v) is 4.00. The third-order valence-electron chi connectivity index (χ3n) is 5.21. The van der Waals surface area contributed by atoms with E-state index in [1.165, 1.54) is 16.3 Å². The molecule has 0 aliphatic carbocycles. The van der Waals surface area contributed by atoms with E-state index >= 15 is 0 Å². The average molecular weight is 483 g/mol. The van der Waals surface area contributed by atoms with Crippen LogP contribution in [0.1, 0.15) is 38.0 Å². The molecule has 0 aliphatic heterocycles. The minimum atomic E-state index is -0.624. The number of β-amino-alcohol motifs (C(OH)–C–C–N with tert-alkyl or cyclic N) is 1. The Hall–Kier alpha value is -1.33. The Labute approximate surface area is 201 Å². The Balaban J connectivity index is 0.00000341. The molecule has 0 heterocycles. The van der Waals surface area contributed by atoms with E-state index in [4.69, 9.17) is 27.9 Å². The second-order valence-corrected chi connectivity index (χ2v) is 9.26. The highest BCUT2D eigenvalue weighted by atomic mass is 35.5. The van der Waals surface area contributed by atoms with Crippen molar-refractivity contribution in [3.63, 3.8) is 0 Å². The molecule has 6 heteroatoms. The molecule has 0 bridgehead atoms. The van der Waals surface area contributed by atoms with E-state index in [1.54, 1.807) is 18.2 Å². The second-order valence-electron chi connectivity index (χ2n) is 8.42. The molecule has 0 spiro atoms. The summed E-state index contributed by atoms with van der Waals surface area (Å²) in [6, 6.07) is 20.2. The van der Waals surface area contributed by atoms with Gasteiger partial charge in [0.25, 0.3) is 0 Å². The topological polar surface area (TPSA) is 41.5 Å². The molecule has 0 saturated carbocycles. The molecule has 0 aromatic heterocycles. The van der Waals surface area contributed by atoms with Gasteiger partial charge in [0.1, 0.15) is 0 Å². The molecule has 0 fully saturated rings. The molecule has 3 nitrogen and oxygen atoms in total. The fourth-order valence-electron chi connectivity index (χ4n) is 3.55. The maximum Gasteiger partial charge on any atom is 0.0898 e. The van der Waals surface area contributed by atoms with E-state index in [9.17, 15) is 5.11 Å². The van der Waals surface area contributed by atoms with E-state index in [1.807, 2.05) is 6.92 Å². The Morgan fingerprint density at radius 1 is 1.00 bits per heavy atom. The molecular weight excluding hydrogens is 453 g/mol. The predicted molar refractivity (Wildman–Crippen MR) is 134 cm³/mol. The fraction of sp³-hybridized carbons (Fsp3) is 0.360. The predicted octanol–water partition coefficient (Wildman–Crippen LogP) is 6.62. The van der Waals surface area contributed by atoms with Crippen molar-refractivity contribution >= 4 is 46.4 Å². The highest BCUT2D eigenvalue weighted by Crippen LogP contribution is 2.28. The number of fused-ring (bicyclic) bond motifs is 1. The Morgan fingerprint density at radius 2 is 1.71 bits per heavy atom. The number of benzene rings is 3. The average Bonchev–Trinajstić information content (AvgIpc) is 2.72. The van der Waals surface area contributed by atoms with Gasteiger partial charge < -0.3 is 15.2 Å². The highest BCUT2D eigenvalue weighted by molar-refractivity contribution is 6.33. The van der Waals surface area contributed by atoms with Crippen LogP contribution >= 0.6 is 35.6 Å². The van der Waals surface area contributed by atoms with Crippen LogP contribution < -0.4 is 5.32 Å². The van der Waals surface area contributed by atoms with Crippen molar-refractivity contribution in [2.75, 3.05) is 13.2 Å². The number of rotatable bonds is 9. The van der Waals surface area contributed by atoms with Crippen molar-refractivity contribution < 1.29 is 9.84 Å². The minimum absolute atomic E-state index is 0. The van der Waals surface area contributed by atoms with Crippen molar-refractivity contribution in [1.82, 2.24) is 5.32 Å². The van der Waals surface area contributed by atoms with Gasteiger partial charge in [-0.1, -0.05) is 65.7 Å².